The average molecular weight is 252 g/mol. The quantitative estimate of drug-likeness (QED) is 0.681. The van der Waals surface area contributed by atoms with Crippen LogP contribution in [0.3, 0.4) is 0 Å². The summed E-state index contributed by atoms with van der Waals surface area (Å²) in [5.41, 5.74) is -0.296. The highest BCUT2D eigenvalue weighted by molar-refractivity contribution is 7.18. The van der Waals surface area contributed by atoms with Crippen LogP contribution in [0, 0.1) is 6.92 Å². The monoisotopic (exact) mass is 251 g/mol. The summed E-state index contributed by atoms with van der Waals surface area (Å²) in [7, 11) is 0. The molecule has 0 radical (unpaired) electrons. The molecule has 0 saturated heterocycles. The topological polar surface area (TPSA) is 12.9 Å². The summed E-state index contributed by atoms with van der Waals surface area (Å²) in [4.78, 5) is 4.06. The summed E-state index contributed by atoms with van der Waals surface area (Å²) in [6.07, 6.45) is -4.37. The number of nitrogens with zero attached hydrogens (tertiary/aromatic N) is 1. The summed E-state index contributed by atoms with van der Waals surface area (Å²) in [5.74, 6) is 0. The molecule has 0 unspecified atom stereocenters. The van der Waals surface area contributed by atoms with Crippen molar-refractivity contribution >= 4 is 33.2 Å². The fourth-order valence-electron chi connectivity index (χ4n) is 1.26. The minimum Gasteiger partial charge on any atom is -0.240 e. The first-order valence-corrected chi connectivity index (χ1v) is 5.21. The molecule has 1 aromatic carbocycles. The summed E-state index contributed by atoms with van der Waals surface area (Å²) in [5, 5.41) is 0.746. The Morgan fingerprint density at radius 2 is 2.00 bits per heavy atom. The zero-order valence-electron chi connectivity index (χ0n) is 7.52. The Labute approximate surface area is 92.5 Å². The number of halogens is 4. The second kappa shape index (κ2) is 3.35. The minimum atomic E-state index is -4.37. The number of hydrogen-bond donors (Lipinski definition) is 0. The van der Waals surface area contributed by atoms with Gasteiger partial charge in [-0.3, -0.25) is 0 Å². The fourth-order valence-corrected chi connectivity index (χ4v) is 2.47. The van der Waals surface area contributed by atoms with Crippen LogP contribution in [-0.2, 0) is 6.18 Å². The number of thiazole rings is 1. The summed E-state index contributed by atoms with van der Waals surface area (Å²) >= 11 is 6.93. The predicted octanol–water partition coefficient (Wildman–Crippen LogP) is 4.28. The molecule has 0 amide bonds. The van der Waals surface area contributed by atoms with Gasteiger partial charge in [-0.25, -0.2) is 4.98 Å². The van der Waals surface area contributed by atoms with Crippen molar-refractivity contribution in [2.75, 3.05) is 0 Å². The molecule has 80 valence electrons. The standard InChI is InChI=1S/C9H5ClF3NS/c1-4-14-8-6(10)2-5(9(11,12)13)3-7(8)15-4/h2-3H,1H3. The highest BCUT2D eigenvalue weighted by Gasteiger charge is 2.31. The van der Waals surface area contributed by atoms with Gasteiger partial charge in [-0.15, -0.1) is 11.3 Å². The van der Waals surface area contributed by atoms with Gasteiger partial charge in [0.05, 0.1) is 20.3 Å². The van der Waals surface area contributed by atoms with Crippen molar-refractivity contribution in [3.8, 4) is 0 Å². The first-order valence-electron chi connectivity index (χ1n) is 4.02. The first-order chi connectivity index (χ1) is 6.88. The van der Waals surface area contributed by atoms with Gasteiger partial charge in [-0.05, 0) is 19.1 Å². The van der Waals surface area contributed by atoms with Crippen LogP contribution in [-0.4, -0.2) is 4.98 Å². The lowest BCUT2D eigenvalue weighted by Crippen LogP contribution is -2.04. The van der Waals surface area contributed by atoms with Crippen LogP contribution in [0.4, 0.5) is 13.2 Å². The molecule has 0 saturated carbocycles. The van der Waals surface area contributed by atoms with Crippen molar-refractivity contribution in [3.63, 3.8) is 0 Å². The number of aryl methyl sites for hydroxylation is 1. The van der Waals surface area contributed by atoms with E-state index in [2.05, 4.69) is 4.98 Å². The largest absolute Gasteiger partial charge is 0.416 e. The zero-order valence-corrected chi connectivity index (χ0v) is 9.09. The lowest BCUT2D eigenvalue weighted by molar-refractivity contribution is -0.137. The van der Waals surface area contributed by atoms with Crippen LogP contribution in [0.25, 0.3) is 10.2 Å². The molecule has 1 aromatic heterocycles. The molecular weight excluding hydrogens is 247 g/mol. The Balaban J connectivity index is 2.72. The van der Waals surface area contributed by atoms with Gasteiger partial charge in [-0.1, -0.05) is 11.6 Å². The number of rotatable bonds is 0. The maximum Gasteiger partial charge on any atom is 0.416 e. The third-order valence-electron chi connectivity index (χ3n) is 1.88. The van der Waals surface area contributed by atoms with E-state index >= 15 is 0 Å². The van der Waals surface area contributed by atoms with E-state index < -0.39 is 11.7 Å². The van der Waals surface area contributed by atoms with Crippen molar-refractivity contribution < 1.29 is 13.2 Å². The van der Waals surface area contributed by atoms with Crippen molar-refractivity contribution in [2.45, 2.75) is 13.1 Å². The van der Waals surface area contributed by atoms with Crippen LogP contribution in [0.5, 0.6) is 0 Å². The van der Waals surface area contributed by atoms with Gasteiger partial charge in [-0.2, -0.15) is 13.2 Å². The van der Waals surface area contributed by atoms with E-state index in [1.165, 1.54) is 11.3 Å². The summed E-state index contributed by atoms with van der Waals surface area (Å²) in [6, 6.07) is 1.98. The van der Waals surface area contributed by atoms with Gasteiger partial charge in [0.1, 0.15) is 5.52 Å². The second-order valence-corrected chi connectivity index (χ2v) is 4.68. The molecule has 0 fully saturated rings. The van der Waals surface area contributed by atoms with Crippen molar-refractivity contribution in [1.29, 1.82) is 0 Å². The molecule has 6 heteroatoms. The molecule has 2 rings (SSSR count). The highest BCUT2D eigenvalue weighted by Crippen LogP contribution is 2.36. The number of alkyl halides is 3. The van der Waals surface area contributed by atoms with E-state index in [1.54, 1.807) is 6.92 Å². The van der Waals surface area contributed by atoms with Crippen molar-refractivity contribution in [3.05, 3.63) is 27.7 Å². The third kappa shape index (κ3) is 1.94. The van der Waals surface area contributed by atoms with Crippen LogP contribution >= 0.6 is 22.9 Å². The molecule has 0 spiro atoms. The highest BCUT2D eigenvalue weighted by atomic mass is 35.5. The van der Waals surface area contributed by atoms with Crippen LogP contribution in [0.2, 0.25) is 5.02 Å². The van der Waals surface area contributed by atoms with E-state index in [-0.39, 0.29) is 5.02 Å². The molecule has 0 aliphatic heterocycles. The second-order valence-electron chi connectivity index (χ2n) is 3.04. The Hall–Kier alpha value is -0.810. The van der Waals surface area contributed by atoms with Crippen molar-refractivity contribution in [1.82, 2.24) is 4.98 Å². The van der Waals surface area contributed by atoms with Gasteiger partial charge in [0.15, 0.2) is 0 Å². The van der Waals surface area contributed by atoms with E-state index in [9.17, 15) is 13.2 Å². The molecule has 1 heterocycles. The lowest BCUT2D eigenvalue weighted by atomic mass is 10.2. The van der Waals surface area contributed by atoms with Gasteiger partial charge < -0.3 is 0 Å². The molecular formula is C9H5ClF3NS. The normalized spacial score (nSPS) is 12.3. The van der Waals surface area contributed by atoms with E-state index in [4.69, 9.17) is 11.6 Å². The number of hydrogen-bond acceptors (Lipinski definition) is 2. The van der Waals surface area contributed by atoms with E-state index in [0.717, 1.165) is 12.1 Å². The molecule has 0 aliphatic carbocycles. The maximum absolute atomic E-state index is 12.4. The van der Waals surface area contributed by atoms with E-state index in [0.29, 0.717) is 15.2 Å². The molecule has 2 aromatic rings. The minimum absolute atomic E-state index is 0.0455. The Kier molecular flexibility index (Phi) is 2.39. The van der Waals surface area contributed by atoms with Crippen LogP contribution in [0.15, 0.2) is 12.1 Å². The van der Waals surface area contributed by atoms with Gasteiger partial charge >= 0.3 is 6.18 Å². The maximum atomic E-state index is 12.4. The summed E-state index contributed by atoms with van der Waals surface area (Å²) < 4.78 is 37.7. The molecule has 0 atom stereocenters. The van der Waals surface area contributed by atoms with Gasteiger partial charge in [0, 0.05) is 0 Å². The zero-order chi connectivity index (χ0) is 11.2. The molecule has 15 heavy (non-hydrogen) atoms. The molecule has 1 nitrogen and oxygen atoms in total. The van der Waals surface area contributed by atoms with Crippen LogP contribution in [0.1, 0.15) is 10.6 Å². The van der Waals surface area contributed by atoms with Crippen molar-refractivity contribution in [2.24, 2.45) is 0 Å². The number of aromatic nitrogens is 1. The van der Waals surface area contributed by atoms with Crippen LogP contribution < -0.4 is 0 Å². The van der Waals surface area contributed by atoms with Gasteiger partial charge in [0.25, 0.3) is 0 Å². The molecule has 0 bridgehead atoms. The Morgan fingerprint density at radius 3 is 2.60 bits per heavy atom. The van der Waals surface area contributed by atoms with Gasteiger partial charge in [0.2, 0.25) is 0 Å². The third-order valence-corrected chi connectivity index (χ3v) is 3.09. The van der Waals surface area contributed by atoms with E-state index in [1.807, 2.05) is 0 Å². The Morgan fingerprint density at radius 1 is 1.33 bits per heavy atom. The molecule has 0 N–H and O–H groups in total. The molecule has 0 aliphatic rings. The SMILES string of the molecule is Cc1nc2c(Cl)cc(C(F)(F)F)cc2s1. The number of benzene rings is 1. The average Bonchev–Trinajstić information content (AvgIpc) is 2.44. The lowest BCUT2D eigenvalue weighted by Gasteiger charge is -2.06. The number of fused-ring (bicyclic) bond motifs is 1. The first kappa shape index (κ1) is 10.7. The summed E-state index contributed by atoms with van der Waals surface area (Å²) in [6.45, 7) is 1.73. The smallest absolute Gasteiger partial charge is 0.240 e. The Bertz CT molecular complexity index is 518. The predicted molar refractivity (Wildman–Crippen MR) is 54.4 cm³/mol. The fraction of sp³-hybridized carbons (Fsp3) is 0.222.